The van der Waals surface area contributed by atoms with Crippen molar-refractivity contribution in [1.82, 2.24) is 19.4 Å². The number of alkyl halides is 3. The van der Waals surface area contributed by atoms with Crippen LogP contribution in [-0.4, -0.2) is 65.7 Å². The zero-order valence-electron chi connectivity index (χ0n) is 25.2. The average Bonchev–Trinajstić information content (AvgIpc) is 3.60. The average molecular weight is 624 g/mol. The number of anilines is 3. The van der Waals surface area contributed by atoms with Crippen LogP contribution in [0.3, 0.4) is 0 Å². The van der Waals surface area contributed by atoms with Gasteiger partial charge in [-0.05, 0) is 62.6 Å². The third kappa shape index (κ3) is 6.35. The number of nitrogens with two attached hydrogens (primary N) is 1. The van der Waals surface area contributed by atoms with Crippen LogP contribution in [0.4, 0.5) is 30.4 Å². The summed E-state index contributed by atoms with van der Waals surface area (Å²) in [6, 6.07) is 8.30. The van der Waals surface area contributed by atoms with Gasteiger partial charge in [-0.2, -0.15) is 13.2 Å². The van der Waals surface area contributed by atoms with Gasteiger partial charge >= 0.3 is 6.18 Å². The normalized spacial score (nSPS) is 16.8. The van der Waals surface area contributed by atoms with Crippen molar-refractivity contribution in [3.8, 4) is 22.6 Å². The second-order valence-electron chi connectivity index (χ2n) is 11.5. The zero-order valence-corrected chi connectivity index (χ0v) is 25.2. The van der Waals surface area contributed by atoms with Gasteiger partial charge in [0.05, 0.1) is 23.2 Å². The van der Waals surface area contributed by atoms with Gasteiger partial charge < -0.3 is 35.3 Å². The third-order valence-corrected chi connectivity index (χ3v) is 8.47. The number of ether oxygens (including phenoxy) is 2. The molecule has 1 amide bonds. The van der Waals surface area contributed by atoms with Crippen LogP contribution in [0.1, 0.15) is 42.9 Å². The number of nitrogens with zero attached hydrogens (tertiary/aromatic N) is 4. The molecule has 7 rings (SSSR count). The summed E-state index contributed by atoms with van der Waals surface area (Å²) in [6.45, 7) is 2.32. The standard InChI is InChI=1S/C18H19N5O.C14H17F3N2O2/c1-20-14-5-4-11(12-6-7-24-16(12)14)13-8-23(10-2-3-10)18-15(13)17(19)21-9-22-18;1-19-6-4-11(5-7-19)21-13-3-2-10(18-9-20)8-12(13)14(15,16)17/h4-5,8-10,20H,2-3,6-7H2,1H3,(H2,19,21,22);2-3,8-9,11H,4-7H2,1H3,(H,18,20). The first-order valence-corrected chi connectivity index (χ1v) is 15.0. The fourth-order valence-corrected chi connectivity index (χ4v) is 5.98. The molecule has 4 heterocycles. The lowest BCUT2D eigenvalue weighted by atomic mass is 9.97. The van der Waals surface area contributed by atoms with E-state index in [2.05, 4.69) is 48.4 Å². The lowest BCUT2D eigenvalue weighted by Crippen LogP contribution is -2.36. The van der Waals surface area contributed by atoms with Crippen LogP contribution in [0, 0.1) is 0 Å². The Labute approximate surface area is 258 Å². The maximum atomic E-state index is 13.1. The lowest BCUT2D eigenvalue weighted by Gasteiger charge is -2.30. The fraction of sp³-hybridized carbons (Fsp3) is 0.406. The molecular weight excluding hydrogens is 587 g/mol. The largest absolute Gasteiger partial charge is 0.491 e. The predicted octanol–water partition coefficient (Wildman–Crippen LogP) is 5.74. The Balaban J connectivity index is 0.000000161. The fourth-order valence-electron chi connectivity index (χ4n) is 5.98. The summed E-state index contributed by atoms with van der Waals surface area (Å²) in [4.78, 5) is 21.2. The van der Waals surface area contributed by atoms with E-state index in [0.717, 1.165) is 53.6 Å². The molecule has 0 radical (unpaired) electrons. The SMILES string of the molecule is CN1CCC(Oc2ccc(NC=O)cc2C(F)(F)F)CC1.CNc1ccc(-c2cn(C3CC3)c3ncnc(N)c23)c2c1OCC2. The quantitative estimate of drug-likeness (QED) is 0.223. The maximum absolute atomic E-state index is 13.1. The highest BCUT2D eigenvalue weighted by molar-refractivity contribution is 6.02. The molecule has 238 valence electrons. The minimum Gasteiger partial charge on any atom is -0.491 e. The number of amides is 1. The monoisotopic (exact) mass is 623 g/mol. The van der Waals surface area contributed by atoms with Crippen molar-refractivity contribution in [3.63, 3.8) is 0 Å². The maximum Gasteiger partial charge on any atom is 0.420 e. The first-order valence-electron chi connectivity index (χ1n) is 15.0. The number of nitrogen functional groups attached to an aromatic ring is 1. The molecule has 0 unspecified atom stereocenters. The number of carbonyl (C=O) groups excluding carboxylic acids is 1. The molecule has 13 heteroatoms. The third-order valence-electron chi connectivity index (χ3n) is 8.47. The summed E-state index contributed by atoms with van der Waals surface area (Å²) in [7, 11) is 3.89. The first-order chi connectivity index (χ1) is 21.7. The van der Waals surface area contributed by atoms with E-state index in [1.165, 1.54) is 36.1 Å². The van der Waals surface area contributed by atoms with Crippen molar-refractivity contribution < 1.29 is 27.4 Å². The van der Waals surface area contributed by atoms with Crippen LogP contribution >= 0.6 is 0 Å². The second kappa shape index (κ2) is 12.5. The zero-order chi connectivity index (χ0) is 31.7. The molecule has 0 atom stereocenters. The molecule has 2 fully saturated rings. The predicted molar refractivity (Wildman–Crippen MR) is 167 cm³/mol. The van der Waals surface area contributed by atoms with Gasteiger partial charge in [-0.25, -0.2) is 9.97 Å². The molecule has 0 bridgehead atoms. The van der Waals surface area contributed by atoms with Crippen molar-refractivity contribution in [1.29, 1.82) is 0 Å². The van der Waals surface area contributed by atoms with Crippen LogP contribution in [0.5, 0.6) is 11.5 Å². The molecule has 2 aliphatic heterocycles. The Morgan fingerprint density at radius 2 is 1.87 bits per heavy atom. The molecular formula is C32H36F3N7O3. The molecule has 1 aliphatic carbocycles. The number of fused-ring (bicyclic) bond motifs is 2. The first kappa shape index (κ1) is 30.5. The van der Waals surface area contributed by atoms with Crippen molar-refractivity contribution in [3.05, 3.63) is 54.0 Å². The number of halogens is 3. The van der Waals surface area contributed by atoms with Crippen LogP contribution in [0.2, 0.25) is 0 Å². The van der Waals surface area contributed by atoms with Crippen LogP contribution in [0.15, 0.2) is 42.9 Å². The van der Waals surface area contributed by atoms with Crippen molar-refractivity contribution in [2.24, 2.45) is 0 Å². The topological polar surface area (TPSA) is 120 Å². The van der Waals surface area contributed by atoms with Crippen molar-refractivity contribution >= 4 is 34.6 Å². The number of hydrogen-bond donors (Lipinski definition) is 3. The molecule has 0 spiro atoms. The Morgan fingerprint density at radius 1 is 1.09 bits per heavy atom. The van der Waals surface area contributed by atoms with Crippen LogP contribution < -0.4 is 25.8 Å². The molecule has 3 aliphatic rings. The molecule has 2 aromatic heterocycles. The highest BCUT2D eigenvalue weighted by Gasteiger charge is 2.36. The summed E-state index contributed by atoms with van der Waals surface area (Å²) < 4.78 is 52.9. The number of aromatic nitrogens is 3. The van der Waals surface area contributed by atoms with Gasteiger partial charge in [0.25, 0.3) is 0 Å². The molecule has 10 nitrogen and oxygen atoms in total. The molecule has 1 saturated carbocycles. The number of piperidine rings is 1. The second-order valence-corrected chi connectivity index (χ2v) is 11.5. The highest BCUT2D eigenvalue weighted by Crippen LogP contribution is 2.46. The van der Waals surface area contributed by atoms with E-state index < -0.39 is 11.7 Å². The number of carbonyl (C=O) groups is 1. The van der Waals surface area contributed by atoms with Gasteiger partial charge in [0.2, 0.25) is 6.41 Å². The van der Waals surface area contributed by atoms with Crippen LogP contribution in [-0.2, 0) is 17.4 Å². The summed E-state index contributed by atoms with van der Waals surface area (Å²) >= 11 is 0. The Hall–Kier alpha value is -4.52. The minimum atomic E-state index is -4.53. The van der Waals surface area contributed by atoms with Gasteiger partial charge in [-0.3, -0.25) is 4.79 Å². The molecule has 45 heavy (non-hydrogen) atoms. The highest BCUT2D eigenvalue weighted by atomic mass is 19.4. The lowest BCUT2D eigenvalue weighted by molar-refractivity contribution is -0.139. The number of benzene rings is 2. The van der Waals surface area contributed by atoms with E-state index in [0.29, 0.717) is 37.7 Å². The number of likely N-dealkylation sites (tertiary alicyclic amines) is 1. The molecule has 2 aromatic carbocycles. The van der Waals surface area contributed by atoms with E-state index in [-0.39, 0.29) is 17.5 Å². The van der Waals surface area contributed by atoms with E-state index in [4.69, 9.17) is 15.2 Å². The van der Waals surface area contributed by atoms with Gasteiger partial charge in [0, 0.05) is 55.6 Å². The van der Waals surface area contributed by atoms with Crippen LogP contribution in [0.25, 0.3) is 22.2 Å². The Bertz CT molecular complexity index is 1700. The smallest absolute Gasteiger partial charge is 0.420 e. The van der Waals surface area contributed by atoms with Crippen molar-refractivity contribution in [2.75, 3.05) is 50.2 Å². The summed E-state index contributed by atoms with van der Waals surface area (Å²) in [5.74, 6) is 1.31. The number of nitrogens with one attached hydrogen (secondary N) is 2. The molecule has 4 N–H and O–H groups in total. The number of hydrogen-bond acceptors (Lipinski definition) is 8. The summed E-state index contributed by atoms with van der Waals surface area (Å²) in [5, 5.41) is 6.38. The van der Waals surface area contributed by atoms with Crippen molar-refractivity contribution in [2.45, 2.75) is 50.4 Å². The van der Waals surface area contributed by atoms with E-state index >= 15 is 0 Å². The van der Waals surface area contributed by atoms with E-state index in [9.17, 15) is 18.0 Å². The van der Waals surface area contributed by atoms with E-state index in [1.807, 2.05) is 14.1 Å². The van der Waals surface area contributed by atoms with Gasteiger partial charge in [0.15, 0.2) is 0 Å². The Morgan fingerprint density at radius 3 is 2.56 bits per heavy atom. The van der Waals surface area contributed by atoms with E-state index in [1.54, 1.807) is 6.33 Å². The Kier molecular flexibility index (Phi) is 8.45. The summed E-state index contributed by atoms with van der Waals surface area (Å²) in [6.07, 6.45) is 4.05. The van der Waals surface area contributed by atoms with Gasteiger partial charge in [0.1, 0.15) is 35.4 Å². The van der Waals surface area contributed by atoms with Gasteiger partial charge in [-0.1, -0.05) is 6.07 Å². The number of rotatable bonds is 7. The summed E-state index contributed by atoms with van der Waals surface area (Å²) in [5.41, 5.74) is 10.9. The molecule has 4 aromatic rings. The molecule has 1 saturated heterocycles. The minimum absolute atomic E-state index is 0.0908. The van der Waals surface area contributed by atoms with Gasteiger partial charge in [-0.15, -0.1) is 0 Å².